The number of rotatable bonds is 3. The monoisotopic (exact) mass is 336 g/mol. The zero-order valence-electron chi connectivity index (χ0n) is 10.9. The molecule has 1 aromatic carbocycles. The number of hydrogen-bond donors (Lipinski definition) is 1. The minimum Gasteiger partial charge on any atom is -0.482 e. The lowest BCUT2D eigenvalue weighted by molar-refractivity contribution is 0.178. The molecule has 0 saturated carbocycles. The van der Waals surface area contributed by atoms with Crippen molar-refractivity contribution in [2.45, 2.75) is 19.1 Å². The summed E-state index contributed by atoms with van der Waals surface area (Å²) in [6.07, 6.45) is 0.441. The molecule has 1 unspecified atom stereocenters. The highest BCUT2D eigenvalue weighted by atomic mass is 79.9. The van der Waals surface area contributed by atoms with Gasteiger partial charge in [0.1, 0.15) is 10.2 Å². The molecular weight excluding hydrogens is 324 g/mol. The number of halogens is 1. The third kappa shape index (κ3) is 2.36. The maximum atomic E-state index is 11.9. The summed E-state index contributed by atoms with van der Waals surface area (Å²) >= 11 is 3.23. The zero-order chi connectivity index (χ0) is 14.1. The largest absolute Gasteiger partial charge is 0.482 e. The molecule has 1 aromatic heterocycles. The van der Waals surface area contributed by atoms with Crippen LogP contribution in [0.2, 0.25) is 0 Å². The van der Waals surface area contributed by atoms with Crippen LogP contribution in [0.3, 0.4) is 0 Å². The Balaban J connectivity index is 1.95. The fourth-order valence-electron chi connectivity index (χ4n) is 2.24. The van der Waals surface area contributed by atoms with Gasteiger partial charge in [-0.15, -0.1) is 0 Å². The summed E-state index contributed by atoms with van der Waals surface area (Å²) in [7, 11) is 1.57. The van der Waals surface area contributed by atoms with Crippen molar-refractivity contribution in [3.8, 4) is 5.75 Å². The molecule has 0 bridgehead atoms. The highest BCUT2D eigenvalue weighted by molar-refractivity contribution is 9.10. The van der Waals surface area contributed by atoms with Gasteiger partial charge in [0.2, 0.25) is 0 Å². The predicted octanol–water partition coefficient (Wildman–Crippen LogP) is 2.35. The number of methoxy groups -OCH3 is 1. The van der Waals surface area contributed by atoms with Crippen molar-refractivity contribution >= 4 is 15.9 Å². The lowest BCUT2D eigenvalue weighted by atomic mass is 10.1. The van der Waals surface area contributed by atoms with Gasteiger partial charge < -0.3 is 14.5 Å². The van der Waals surface area contributed by atoms with E-state index < -0.39 is 0 Å². The number of nitrogens with one attached hydrogen (secondary N) is 1. The minimum absolute atomic E-state index is 0.221. The molecule has 1 atom stereocenters. The highest BCUT2D eigenvalue weighted by Gasteiger charge is 2.26. The molecule has 0 radical (unpaired) electrons. The quantitative estimate of drug-likeness (QED) is 0.934. The zero-order valence-corrected chi connectivity index (χ0v) is 12.4. The number of fused-ring (bicyclic) bond motifs is 1. The average Bonchev–Trinajstić information content (AvgIpc) is 2.87. The van der Waals surface area contributed by atoms with Gasteiger partial charge in [-0.25, -0.2) is 4.98 Å². The van der Waals surface area contributed by atoms with Gasteiger partial charge in [-0.2, -0.15) is 0 Å². The number of ether oxygens (including phenoxy) is 2. The summed E-state index contributed by atoms with van der Waals surface area (Å²) in [6.45, 7) is 0.275. The lowest BCUT2D eigenvalue weighted by Gasteiger charge is -2.11. The topological polar surface area (TPSA) is 64.2 Å². The number of H-pyrrole nitrogens is 1. The number of aromatic amines is 1. The van der Waals surface area contributed by atoms with Crippen molar-refractivity contribution in [3.63, 3.8) is 0 Å². The van der Waals surface area contributed by atoms with E-state index in [2.05, 4.69) is 25.9 Å². The van der Waals surface area contributed by atoms with Crippen LogP contribution >= 0.6 is 15.9 Å². The molecule has 1 aliphatic rings. The van der Waals surface area contributed by atoms with E-state index in [1.54, 1.807) is 7.11 Å². The number of benzene rings is 1. The molecule has 0 aliphatic carbocycles. The number of nitrogens with zero attached hydrogens (tertiary/aromatic N) is 1. The fourth-order valence-corrected chi connectivity index (χ4v) is 2.55. The number of aromatic nitrogens is 2. The SMILES string of the molecule is COCc1nc(C2Cc3ccccc3O2)[nH]c(=O)c1Br. The molecule has 0 saturated heterocycles. The van der Waals surface area contributed by atoms with E-state index in [4.69, 9.17) is 9.47 Å². The van der Waals surface area contributed by atoms with E-state index in [1.807, 2.05) is 24.3 Å². The van der Waals surface area contributed by atoms with Crippen molar-refractivity contribution in [1.82, 2.24) is 9.97 Å². The molecule has 1 aliphatic heterocycles. The molecule has 3 rings (SSSR count). The first-order valence-corrected chi connectivity index (χ1v) is 7.00. The van der Waals surface area contributed by atoms with Crippen molar-refractivity contribution in [2.24, 2.45) is 0 Å². The molecule has 0 amide bonds. The first kappa shape index (κ1) is 13.3. The third-order valence-electron chi connectivity index (χ3n) is 3.18. The second-order valence-electron chi connectivity index (χ2n) is 4.56. The van der Waals surface area contributed by atoms with Gasteiger partial charge in [0.15, 0.2) is 11.9 Å². The van der Waals surface area contributed by atoms with E-state index in [1.165, 1.54) is 0 Å². The Kier molecular flexibility index (Phi) is 3.58. The van der Waals surface area contributed by atoms with Crippen molar-refractivity contribution in [2.75, 3.05) is 7.11 Å². The molecule has 2 heterocycles. The summed E-state index contributed by atoms with van der Waals surface area (Å²) in [5, 5.41) is 0. The summed E-state index contributed by atoms with van der Waals surface area (Å²) in [5.74, 6) is 1.37. The summed E-state index contributed by atoms with van der Waals surface area (Å²) < 4.78 is 11.3. The Bertz CT molecular complexity index is 674. The van der Waals surface area contributed by atoms with E-state index >= 15 is 0 Å². The van der Waals surface area contributed by atoms with Gasteiger partial charge in [0.05, 0.1) is 12.3 Å². The Morgan fingerprint density at radius 2 is 2.30 bits per heavy atom. The van der Waals surface area contributed by atoms with Crippen molar-refractivity contribution in [3.05, 3.63) is 56.2 Å². The Morgan fingerprint density at radius 3 is 3.05 bits per heavy atom. The van der Waals surface area contributed by atoms with E-state index in [0.717, 1.165) is 11.3 Å². The molecule has 20 heavy (non-hydrogen) atoms. The summed E-state index contributed by atoms with van der Waals surface area (Å²) in [6, 6.07) is 7.83. The van der Waals surface area contributed by atoms with Gasteiger partial charge >= 0.3 is 0 Å². The number of para-hydroxylation sites is 1. The van der Waals surface area contributed by atoms with E-state index in [-0.39, 0.29) is 18.3 Å². The molecule has 6 heteroatoms. The molecule has 5 nitrogen and oxygen atoms in total. The van der Waals surface area contributed by atoms with Crippen LogP contribution in [0, 0.1) is 0 Å². The van der Waals surface area contributed by atoms with Crippen molar-refractivity contribution in [1.29, 1.82) is 0 Å². The van der Waals surface area contributed by atoms with Crippen LogP contribution < -0.4 is 10.3 Å². The van der Waals surface area contributed by atoms with Crippen LogP contribution in [-0.4, -0.2) is 17.1 Å². The first-order chi connectivity index (χ1) is 9.69. The van der Waals surface area contributed by atoms with Crippen LogP contribution in [0.1, 0.15) is 23.2 Å². The van der Waals surface area contributed by atoms with Gasteiger partial charge in [-0.1, -0.05) is 18.2 Å². The second kappa shape index (κ2) is 5.38. The van der Waals surface area contributed by atoms with Crippen LogP contribution in [0.5, 0.6) is 5.75 Å². The first-order valence-electron chi connectivity index (χ1n) is 6.21. The minimum atomic E-state index is -0.260. The van der Waals surface area contributed by atoms with Gasteiger partial charge in [0, 0.05) is 13.5 Å². The molecular formula is C14H13BrN2O3. The van der Waals surface area contributed by atoms with Crippen LogP contribution in [0.4, 0.5) is 0 Å². The maximum Gasteiger partial charge on any atom is 0.265 e. The van der Waals surface area contributed by atoms with Crippen LogP contribution in [0.15, 0.2) is 33.5 Å². The normalized spacial score (nSPS) is 16.8. The standard InChI is InChI=1S/C14H13BrN2O3/c1-19-7-9-12(15)14(18)17-13(16-9)11-6-8-4-2-3-5-10(8)20-11/h2-5,11H,6-7H2,1H3,(H,16,17,18). The molecule has 0 spiro atoms. The molecule has 0 fully saturated rings. The van der Waals surface area contributed by atoms with Gasteiger partial charge in [-0.3, -0.25) is 4.79 Å². The van der Waals surface area contributed by atoms with Crippen LogP contribution in [0.25, 0.3) is 0 Å². The smallest absolute Gasteiger partial charge is 0.265 e. The lowest BCUT2D eigenvalue weighted by Crippen LogP contribution is -2.20. The summed E-state index contributed by atoms with van der Waals surface area (Å²) in [4.78, 5) is 19.1. The van der Waals surface area contributed by atoms with Crippen LogP contribution in [-0.2, 0) is 17.8 Å². The average molecular weight is 337 g/mol. The highest BCUT2D eigenvalue weighted by Crippen LogP contribution is 2.34. The predicted molar refractivity (Wildman–Crippen MR) is 76.8 cm³/mol. The van der Waals surface area contributed by atoms with Gasteiger partial charge in [0.25, 0.3) is 5.56 Å². The summed E-state index contributed by atoms with van der Waals surface area (Å²) in [5.41, 5.74) is 1.48. The maximum absolute atomic E-state index is 11.9. The Hall–Kier alpha value is -1.66. The van der Waals surface area contributed by atoms with Crippen molar-refractivity contribution < 1.29 is 9.47 Å². The van der Waals surface area contributed by atoms with E-state index in [9.17, 15) is 4.79 Å². The third-order valence-corrected chi connectivity index (χ3v) is 4.00. The molecule has 1 N–H and O–H groups in total. The molecule has 2 aromatic rings. The fraction of sp³-hybridized carbons (Fsp3) is 0.286. The second-order valence-corrected chi connectivity index (χ2v) is 5.36. The molecule has 104 valence electrons. The van der Waals surface area contributed by atoms with E-state index in [0.29, 0.717) is 22.4 Å². The Labute approximate surface area is 124 Å². The van der Waals surface area contributed by atoms with Gasteiger partial charge in [-0.05, 0) is 27.6 Å². The number of hydrogen-bond acceptors (Lipinski definition) is 4. The Morgan fingerprint density at radius 1 is 1.50 bits per heavy atom.